The van der Waals surface area contributed by atoms with Gasteiger partial charge in [0.1, 0.15) is 11.4 Å². The van der Waals surface area contributed by atoms with Crippen LogP contribution in [0.5, 0.6) is 0 Å². The van der Waals surface area contributed by atoms with Crippen molar-refractivity contribution in [3.05, 3.63) is 57.6 Å². The molecular formula is C20H22N4O5S. The Balaban J connectivity index is 1.39. The van der Waals surface area contributed by atoms with Crippen LogP contribution in [-0.2, 0) is 40.1 Å². The number of sulfonamides is 1. The molecule has 0 bridgehead atoms. The van der Waals surface area contributed by atoms with Gasteiger partial charge in [0.15, 0.2) is 5.58 Å². The van der Waals surface area contributed by atoms with Gasteiger partial charge in [-0.05, 0) is 25.0 Å². The first-order chi connectivity index (χ1) is 14.5. The molecule has 3 aromatic rings. The Bertz CT molecular complexity index is 1250. The first kappa shape index (κ1) is 19.4. The van der Waals surface area contributed by atoms with Gasteiger partial charge in [0.25, 0.3) is 5.56 Å². The molecule has 2 aromatic heterocycles. The molecule has 10 heteroatoms. The Morgan fingerprint density at radius 2 is 2.10 bits per heavy atom. The zero-order chi connectivity index (χ0) is 20.7. The number of hydrogen-bond acceptors (Lipinski definition) is 7. The van der Waals surface area contributed by atoms with Gasteiger partial charge in [-0.25, -0.2) is 13.1 Å². The Morgan fingerprint density at radius 3 is 3.00 bits per heavy atom. The van der Waals surface area contributed by atoms with E-state index in [1.165, 1.54) is 8.99 Å². The topological polar surface area (TPSA) is 108 Å². The highest BCUT2D eigenvalue weighted by Gasteiger charge is 2.36. The van der Waals surface area contributed by atoms with E-state index in [-0.39, 0.29) is 23.9 Å². The predicted octanol–water partition coefficient (Wildman–Crippen LogP) is 1.45. The number of benzene rings is 1. The van der Waals surface area contributed by atoms with Crippen LogP contribution in [0.25, 0.3) is 11.0 Å². The van der Waals surface area contributed by atoms with Crippen LogP contribution < -0.4 is 5.56 Å². The third kappa shape index (κ3) is 3.55. The average Bonchev–Trinajstić information content (AvgIpc) is 3.36. The minimum atomic E-state index is -3.63. The van der Waals surface area contributed by atoms with Gasteiger partial charge in [-0.3, -0.25) is 4.79 Å². The van der Waals surface area contributed by atoms with Crippen LogP contribution in [0.2, 0.25) is 0 Å². The van der Waals surface area contributed by atoms with Crippen LogP contribution in [0.1, 0.15) is 29.8 Å². The third-order valence-corrected chi connectivity index (χ3v) is 7.57. The molecular weight excluding hydrogens is 408 g/mol. The summed E-state index contributed by atoms with van der Waals surface area (Å²) in [6.07, 6.45) is 2.09. The normalized spacial score (nSPS) is 19.9. The molecule has 0 amide bonds. The molecule has 2 aliphatic rings. The fraction of sp³-hybridized carbons (Fsp3) is 0.450. The second-order valence-electron chi connectivity index (χ2n) is 7.73. The van der Waals surface area contributed by atoms with Crippen molar-refractivity contribution in [2.45, 2.75) is 44.2 Å². The Labute approximate surface area is 173 Å². The first-order valence-electron chi connectivity index (χ1n) is 10.0. The van der Waals surface area contributed by atoms with E-state index in [1.54, 1.807) is 18.2 Å². The summed E-state index contributed by atoms with van der Waals surface area (Å²) in [6, 6.07) is 8.45. The number of aromatic nitrogens is 3. The highest BCUT2D eigenvalue weighted by Crippen LogP contribution is 2.27. The van der Waals surface area contributed by atoms with Gasteiger partial charge in [-0.1, -0.05) is 17.3 Å². The monoisotopic (exact) mass is 430 g/mol. The third-order valence-electron chi connectivity index (χ3n) is 5.74. The largest absolute Gasteiger partial charge is 0.376 e. The average molecular weight is 430 g/mol. The van der Waals surface area contributed by atoms with Crippen molar-refractivity contribution in [3.63, 3.8) is 0 Å². The van der Waals surface area contributed by atoms with Crippen LogP contribution in [0.4, 0.5) is 0 Å². The van der Waals surface area contributed by atoms with Crippen molar-refractivity contribution in [2.75, 3.05) is 13.2 Å². The molecule has 1 fully saturated rings. The quantitative estimate of drug-likeness (QED) is 0.603. The summed E-state index contributed by atoms with van der Waals surface area (Å²) < 4.78 is 39.9. The standard InChI is InChI=1S/C20H22N4O5S/c25-20-10-14-12-28-9-7-17(14)21-23(20)11-15-4-3-8-24(15)30(26,27)13-18-16-5-1-2-6-19(16)29-22-18/h1-2,5-6,10,15H,3-4,7-9,11-13H2. The molecule has 1 unspecified atom stereocenters. The molecule has 1 saturated heterocycles. The van der Waals surface area contributed by atoms with Crippen molar-refractivity contribution in [1.82, 2.24) is 19.2 Å². The minimum Gasteiger partial charge on any atom is -0.376 e. The van der Waals surface area contributed by atoms with Crippen molar-refractivity contribution < 1.29 is 17.7 Å². The molecule has 158 valence electrons. The lowest BCUT2D eigenvalue weighted by Gasteiger charge is -2.24. The maximum absolute atomic E-state index is 13.2. The summed E-state index contributed by atoms with van der Waals surface area (Å²) in [7, 11) is -3.63. The minimum absolute atomic E-state index is 0.231. The molecule has 0 saturated carbocycles. The van der Waals surface area contributed by atoms with Gasteiger partial charge in [-0.2, -0.15) is 9.40 Å². The van der Waals surface area contributed by atoms with Crippen molar-refractivity contribution >= 4 is 21.0 Å². The van der Waals surface area contributed by atoms with Gasteiger partial charge in [0, 0.05) is 36.0 Å². The summed E-state index contributed by atoms with van der Waals surface area (Å²) in [5.41, 5.74) is 2.40. The van der Waals surface area contributed by atoms with Crippen molar-refractivity contribution in [2.24, 2.45) is 0 Å². The molecule has 0 spiro atoms. The van der Waals surface area contributed by atoms with Crippen LogP contribution in [0.3, 0.4) is 0 Å². The number of ether oxygens (including phenoxy) is 1. The SMILES string of the molecule is O=c1cc2c(nn1CC1CCCN1S(=O)(=O)Cc1noc3ccccc13)CCOC2. The highest BCUT2D eigenvalue weighted by atomic mass is 32.2. The lowest BCUT2D eigenvalue weighted by atomic mass is 10.1. The van der Waals surface area contributed by atoms with E-state index in [4.69, 9.17) is 9.26 Å². The fourth-order valence-corrected chi connectivity index (χ4v) is 5.99. The molecule has 2 aliphatic heterocycles. The van der Waals surface area contributed by atoms with Crippen molar-refractivity contribution in [1.29, 1.82) is 0 Å². The lowest BCUT2D eigenvalue weighted by Crippen LogP contribution is -2.41. The van der Waals surface area contributed by atoms with E-state index in [9.17, 15) is 13.2 Å². The summed E-state index contributed by atoms with van der Waals surface area (Å²) >= 11 is 0. The molecule has 9 nitrogen and oxygen atoms in total. The van der Waals surface area contributed by atoms with Gasteiger partial charge >= 0.3 is 0 Å². The van der Waals surface area contributed by atoms with E-state index in [0.29, 0.717) is 49.3 Å². The molecule has 0 aliphatic carbocycles. The Hall–Kier alpha value is -2.56. The summed E-state index contributed by atoms with van der Waals surface area (Å²) in [4.78, 5) is 12.5. The smallest absolute Gasteiger partial charge is 0.267 e. The number of rotatable bonds is 5. The van der Waals surface area contributed by atoms with E-state index >= 15 is 0 Å². The Kier molecular flexibility index (Phi) is 4.92. The molecule has 0 N–H and O–H groups in total. The second kappa shape index (κ2) is 7.60. The van der Waals surface area contributed by atoms with Gasteiger partial charge in [0.2, 0.25) is 10.0 Å². The second-order valence-corrected chi connectivity index (χ2v) is 9.65. The Morgan fingerprint density at radius 1 is 1.23 bits per heavy atom. The number of nitrogens with zero attached hydrogens (tertiary/aromatic N) is 4. The van der Waals surface area contributed by atoms with E-state index < -0.39 is 10.0 Å². The highest BCUT2D eigenvalue weighted by molar-refractivity contribution is 7.88. The van der Waals surface area contributed by atoms with E-state index in [1.807, 2.05) is 12.1 Å². The predicted molar refractivity (Wildman–Crippen MR) is 108 cm³/mol. The number of hydrogen-bond donors (Lipinski definition) is 0. The number of fused-ring (bicyclic) bond motifs is 2. The molecule has 30 heavy (non-hydrogen) atoms. The van der Waals surface area contributed by atoms with Crippen molar-refractivity contribution in [3.8, 4) is 0 Å². The molecule has 0 radical (unpaired) electrons. The van der Waals surface area contributed by atoms with Gasteiger partial charge in [0.05, 0.1) is 25.5 Å². The first-order valence-corrected chi connectivity index (χ1v) is 11.6. The number of para-hydroxylation sites is 1. The molecule has 5 rings (SSSR count). The zero-order valence-electron chi connectivity index (χ0n) is 16.4. The molecule has 1 atom stereocenters. The van der Waals surface area contributed by atoms with Gasteiger partial charge in [-0.15, -0.1) is 0 Å². The van der Waals surface area contributed by atoms with Crippen LogP contribution >= 0.6 is 0 Å². The summed E-state index contributed by atoms with van der Waals surface area (Å²) in [5.74, 6) is -0.232. The van der Waals surface area contributed by atoms with Crippen LogP contribution in [-0.4, -0.2) is 46.9 Å². The van der Waals surface area contributed by atoms with E-state index in [2.05, 4.69) is 10.3 Å². The fourth-order valence-electron chi connectivity index (χ4n) is 4.24. The maximum Gasteiger partial charge on any atom is 0.267 e. The summed E-state index contributed by atoms with van der Waals surface area (Å²) in [5, 5.41) is 9.15. The summed E-state index contributed by atoms with van der Waals surface area (Å²) in [6.45, 7) is 1.64. The van der Waals surface area contributed by atoms with Crippen LogP contribution in [0.15, 0.2) is 39.6 Å². The molecule has 4 heterocycles. The van der Waals surface area contributed by atoms with Crippen LogP contribution in [0, 0.1) is 0 Å². The lowest BCUT2D eigenvalue weighted by molar-refractivity contribution is 0.107. The maximum atomic E-state index is 13.2. The zero-order valence-corrected chi connectivity index (χ0v) is 17.2. The van der Waals surface area contributed by atoms with E-state index in [0.717, 1.165) is 17.7 Å². The molecule has 1 aromatic carbocycles. The van der Waals surface area contributed by atoms with Gasteiger partial charge < -0.3 is 9.26 Å².